The highest BCUT2D eigenvalue weighted by atomic mass is 16.7. The number of para-hydroxylation sites is 1. The Bertz CT molecular complexity index is 1890. The zero-order valence-electron chi connectivity index (χ0n) is 23.2. The van der Waals surface area contributed by atoms with Crippen molar-refractivity contribution in [2.24, 2.45) is 11.8 Å². The topological polar surface area (TPSA) is 102 Å². The van der Waals surface area contributed by atoms with Crippen molar-refractivity contribution in [2.45, 2.75) is 12.1 Å². The van der Waals surface area contributed by atoms with Crippen molar-refractivity contribution in [3.63, 3.8) is 0 Å². The van der Waals surface area contributed by atoms with Gasteiger partial charge in [-0.05, 0) is 48.0 Å². The molecule has 0 N–H and O–H groups in total. The molecule has 4 atom stereocenters. The van der Waals surface area contributed by atoms with Gasteiger partial charge in [0.15, 0.2) is 17.3 Å². The van der Waals surface area contributed by atoms with Crippen molar-refractivity contribution in [3.05, 3.63) is 120 Å². The number of amides is 2. The number of hydrogen-bond donors (Lipinski definition) is 0. The fourth-order valence-electron chi connectivity index (χ4n) is 6.67. The molecular formula is C35H24N2O7. The van der Waals surface area contributed by atoms with Crippen LogP contribution >= 0.6 is 0 Å². The van der Waals surface area contributed by atoms with E-state index in [-0.39, 0.29) is 18.3 Å². The van der Waals surface area contributed by atoms with Gasteiger partial charge >= 0.3 is 5.97 Å². The van der Waals surface area contributed by atoms with Gasteiger partial charge in [0.25, 0.3) is 0 Å². The summed E-state index contributed by atoms with van der Waals surface area (Å²) in [5.41, 5.74) is 2.97. The van der Waals surface area contributed by atoms with Crippen LogP contribution in [-0.2, 0) is 14.4 Å². The number of fused-ring (bicyclic) bond motifs is 6. The van der Waals surface area contributed by atoms with E-state index >= 15 is 0 Å². The number of rotatable bonds is 5. The number of carbonyl (C=O) groups excluding carboxylic acids is 4. The van der Waals surface area contributed by atoms with Crippen molar-refractivity contribution < 1.29 is 33.4 Å². The van der Waals surface area contributed by atoms with Crippen LogP contribution in [0.2, 0.25) is 0 Å². The fourth-order valence-corrected chi connectivity index (χ4v) is 6.67. The Kier molecular flexibility index (Phi) is 5.87. The van der Waals surface area contributed by atoms with E-state index in [9.17, 15) is 19.2 Å². The molecule has 0 radical (unpaired) electrons. The van der Waals surface area contributed by atoms with E-state index in [0.29, 0.717) is 28.3 Å². The van der Waals surface area contributed by atoms with Gasteiger partial charge in [-0.3, -0.25) is 14.4 Å². The van der Waals surface area contributed by atoms with Gasteiger partial charge in [-0.15, -0.1) is 0 Å². The fraction of sp³-hybridized carbons (Fsp3) is 0.143. The molecule has 44 heavy (non-hydrogen) atoms. The lowest BCUT2D eigenvalue weighted by atomic mass is 9.89. The van der Waals surface area contributed by atoms with E-state index in [2.05, 4.69) is 0 Å². The quantitative estimate of drug-likeness (QED) is 0.145. The minimum Gasteiger partial charge on any atom is -0.454 e. The number of anilines is 2. The highest BCUT2D eigenvalue weighted by Gasteiger charge is 2.65. The van der Waals surface area contributed by atoms with Gasteiger partial charge in [-0.2, -0.15) is 0 Å². The van der Waals surface area contributed by atoms with Gasteiger partial charge < -0.3 is 19.1 Å². The maximum atomic E-state index is 14.1. The molecule has 4 aliphatic heterocycles. The Morgan fingerprint density at radius 3 is 2.27 bits per heavy atom. The average molecular weight is 585 g/mol. The van der Waals surface area contributed by atoms with Gasteiger partial charge in [0.1, 0.15) is 11.8 Å². The number of carbonyl (C=O) groups is 4. The lowest BCUT2D eigenvalue weighted by Gasteiger charge is -2.36. The molecule has 4 heterocycles. The summed E-state index contributed by atoms with van der Waals surface area (Å²) in [5.74, 6) is -2.28. The van der Waals surface area contributed by atoms with Crippen molar-refractivity contribution >= 4 is 41.0 Å². The molecule has 4 aromatic carbocycles. The summed E-state index contributed by atoms with van der Waals surface area (Å²) in [6.45, 7) is 0.0580. The standard InChI is InChI=1S/C35H24N2O7/c38-32(21-7-2-1-3-8-21)22-10-14-24(15-11-22)44-35(41)31-30-29(26-16-12-20-6-4-5-9-25(20)37(26)31)33(39)36(34(30)40)23-13-17-27-28(18-23)43-19-42-27/h1-18,26,29-31H,19H2. The maximum absolute atomic E-state index is 14.1. The molecule has 0 bridgehead atoms. The summed E-state index contributed by atoms with van der Waals surface area (Å²) in [7, 11) is 0. The molecule has 4 unspecified atom stereocenters. The second-order valence-electron chi connectivity index (χ2n) is 11.0. The van der Waals surface area contributed by atoms with E-state index in [1.54, 1.807) is 66.7 Å². The van der Waals surface area contributed by atoms with Crippen LogP contribution < -0.4 is 24.0 Å². The molecule has 0 saturated carbocycles. The zero-order valence-corrected chi connectivity index (χ0v) is 23.2. The van der Waals surface area contributed by atoms with Crippen molar-refractivity contribution in [1.29, 1.82) is 0 Å². The molecule has 2 fully saturated rings. The van der Waals surface area contributed by atoms with Gasteiger partial charge in [-0.25, -0.2) is 9.69 Å². The van der Waals surface area contributed by atoms with Crippen LogP contribution in [0.5, 0.6) is 17.2 Å². The Morgan fingerprint density at radius 1 is 0.750 bits per heavy atom. The van der Waals surface area contributed by atoms with Crippen LogP contribution in [-0.4, -0.2) is 42.4 Å². The average Bonchev–Trinajstić information content (AvgIpc) is 3.74. The summed E-state index contributed by atoms with van der Waals surface area (Å²) < 4.78 is 16.7. The Balaban J connectivity index is 1.13. The van der Waals surface area contributed by atoms with Crippen molar-refractivity contribution in [1.82, 2.24) is 0 Å². The van der Waals surface area contributed by atoms with E-state index in [0.717, 1.165) is 16.2 Å². The summed E-state index contributed by atoms with van der Waals surface area (Å²) in [6, 6.07) is 26.1. The molecule has 4 aromatic rings. The highest BCUT2D eigenvalue weighted by molar-refractivity contribution is 6.24. The second-order valence-corrected chi connectivity index (χ2v) is 11.0. The molecule has 216 valence electrons. The van der Waals surface area contributed by atoms with Crippen LogP contribution in [0, 0.1) is 11.8 Å². The van der Waals surface area contributed by atoms with Crippen molar-refractivity contribution in [2.75, 3.05) is 16.6 Å². The molecule has 9 nitrogen and oxygen atoms in total. The number of benzene rings is 4. The molecule has 2 amide bonds. The van der Waals surface area contributed by atoms with Gasteiger partial charge in [0.2, 0.25) is 18.6 Å². The first-order valence-corrected chi connectivity index (χ1v) is 14.2. The molecule has 2 saturated heterocycles. The third-order valence-corrected chi connectivity index (χ3v) is 8.64. The monoisotopic (exact) mass is 584 g/mol. The first-order valence-electron chi connectivity index (χ1n) is 14.2. The lowest BCUT2D eigenvalue weighted by Crippen LogP contribution is -2.50. The number of imide groups is 1. The minimum absolute atomic E-state index is 0.0580. The van der Waals surface area contributed by atoms with Gasteiger partial charge in [-0.1, -0.05) is 60.7 Å². The predicted molar refractivity (Wildman–Crippen MR) is 160 cm³/mol. The number of hydrogen-bond acceptors (Lipinski definition) is 8. The molecular weight excluding hydrogens is 560 g/mol. The van der Waals surface area contributed by atoms with Crippen LogP contribution in [0.1, 0.15) is 21.5 Å². The Hall–Kier alpha value is -5.70. The Morgan fingerprint density at radius 2 is 1.45 bits per heavy atom. The SMILES string of the molecule is O=C(c1ccccc1)c1ccc(OC(=O)C2C3C(=O)N(c4ccc5c(c4)OCO5)C(=O)C3C3C=Cc4ccccc4N32)cc1. The largest absolute Gasteiger partial charge is 0.454 e. The van der Waals surface area contributed by atoms with Crippen molar-refractivity contribution in [3.8, 4) is 17.2 Å². The number of esters is 1. The summed E-state index contributed by atoms with van der Waals surface area (Å²) in [6.07, 6.45) is 3.80. The number of nitrogens with zero attached hydrogens (tertiary/aromatic N) is 2. The van der Waals surface area contributed by atoms with E-state index in [1.807, 2.05) is 47.4 Å². The van der Waals surface area contributed by atoms with E-state index in [4.69, 9.17) is 14.2 Å². The highest BCUT2D eigenvalue weighted by Crippen LogP contribution is 2.50. The number of ether oxygens (including phenoxy) is 3. The molecule has 9 heteroatoms. The molecule has 4 aliphatic rings. The normalized spacial score (nSPS) is 22.5. The minimum atomic E-state index is -1.07. The van der Waals surface area contributed by atoms with E-state index < -0.39 is 41.7 Å². The predicted octanol–water partition coefficient (Wildman–Crippen LogP) is 4.64. The second kappa shape index (κ2) is 9.95. The van der Waals surface area contributed by atoms with Crippen LogP contribution in [0.3, 0.4) is 0 Å². The summed E-state index contributed by atoms with van der Waals surface area (Å²) >= 11 is 0. The summed E-state index contributed by atoms with van der Waals surface area (Å²) in [4.78, 5) is 58.0. The van der Waals surface area contributed by atoms with Gasteiger partial charge in [0, 0.05) is 22.9 Å². The third-order valence-electron chi connectivity index (χ3n) is 8.64. The van der Waals surface area contributed by atoms with Crippen LogP contribution in [0.4, 0.5) is 11.4 Å². The first-order chi connectivity index (χ1) is 21.5. The van der Waals surface area contributed by atoms with Crippen LogP contribution in [0.15, 0.2) is 103 Å². The molecule has 0 spiro atoms. The first kappa shape index (κ1) is 26.0. The van der Waals surface area contributed by atoms with Crippen LogP contribution in [0.25, 0.3) is 6.08 Å². The van der Waals surface area contributed by atoms with E-state index in [1.165, 1.54) is 0 Å². The lowest BCUT2D eigenvalue weighted by molar-refractivity contribution is -0.139. The molecule has 0 aromatic heterocycles. The Labute approximate surface area is 251 Å². The maximum Gasteiger partial charge on any atom is 0.335 e. The third kappa shape index (κ3) is 3.93. The zero-order chi connectivity index (χ0) is 29.9. The molecule has 0 aliphatic carbocycles. The summed E-state index contributed by atoms with van der Waals surface area (Å²) in [5, 5.41) is 0. The molecule has 8 rings (SSSR count). The number of ketones is 1. The smallest absolute Gasteiger partial charge is 0.335 e. The van der Waals surface area contributed by atoms with Gasteiger partial charge in [0.05, 0.1) is 23.6 Å².